The molecule has 1 N–H and O–H groups in total. The summed E-state index contributed by atoms with van der Waals surface area (Å²) in [7, 11) is 0. The molecule has 3 aromatic heterocycles. The first-order valence-electron chi connectivity index (χ1n) is 9.59. The van der Waals surface area contributed by atoms with Crippen molar-refractivity contribution in [2.24, 2.45) is 0 Å². The Labute approximate surface area is 164 Å². The van der Waals surface area contributed by atoms with Crippen molar-refractivity contribution < 1.29 is 4.74 Å². The van der Waals surface area contributed by atoms with E-state index in [4.69, 9.17) is 4.74 Å². The van der Waals surface area contributed by atoms with Crippen LogP contribution in [0.4, 0.5) is 0 Å². The van der Waals surface area contributed by atoms with Crippen LogP contribution in [-0.2, 0) is 19.7 Å². The van der Waals surface area contributed by atoms with E-state index < -0.39 is 0 Å². The van der Waals surface area contributed by atoms with Gasteiger partial charge in [-0.25, -0.2) is 9.97 Å². The number of ether oxygens (including phenoxy) is 1. The smallest absolute Gasteiger partial charge is 0.140 e. The second kappa shape index (κ2) is 8.71. The number of aromatic nitrogens is 4. The molecule has 0 radical (unpaired) electrons. The minimum Gasteiger partial charge on any atom is -0.487 e. The molecule has 0 fully saturated rings. The third-order valence-electron chi connectivity index (χ3n) is 4.70. The van der Waals surface area contributed by atoms with E-state index in [9.17, 15) is 0 Å². The molecule has 0 atom stereocenters. The molecule has 1 aromatic carbocycles. The highest BCUT2D eigenvalue weighted by molar-refractivity contribution is 5.47. The molecule has 6 heteroatoms. The Morgan fingerprint density at radius 1 is 1.11 bits per heavy atom. The fourth-order valence-corrected chi connectivity index (χ4v) is 3.17. The summed E-state index contributed by atoms with van der Waals surface area (Å²) in [5.41, 5.74) is 4.32. The molecule has 0 aliphatic carbocycles. The second-order valence-corrected chi connectivity index (χ2v) is 6.92. The molecule has 28 heavy (non-hydrogen) atoms. The number of imidazole rings is 2. The molecule has 6 nitrogen and oxygen atoms in total. The summed E-state index contributed by atoms with van der Waals surface area (Å²) < 4.78 is 10.0. The van der Waals surface area contributed by atoms with Crippen LogP contribution in [0.1, 0.15) is 23.2 Å². The van der Waals surface area contributed by atoms with Gasteiger partial charge in [-0.05, 0) is 49.2 Å². The van der Waals surface area contributed by atoms with Gasteiger partial charge >= 0.3 is 0 Å². The zero-order chi connectivity index (χ0) is 19.2. The van der Waals surface area contributed by atoms with Gasteiger partial charge in [-0.15, -0.1) is 0 Å². The number of nitrogens with one attached hydrogen (secondary N) is 1. The molecular formula is C22H25N5O. The first-order valence-corrected chi connectivity index (χ1v) is 9.59. The predicted octanol–water partition coefficient (Wildman–Crippen LogP) is 3.60. The van der Waals surface area contributed by atoms with Crippen molar-refractivity contribution in [3.8, 4) is 5.75 Å². The Morgan fingerprint density at radius 2 is 2.00 bits per heavy atom. The number of hydrogen-bond acceptors (Lipinski definition) is 4. The lowest BCUT2D eigenvalue weighted by Gasteiger charge is -2.08. The molecule has 0 saturated carbocycles. The summed E-state index contributed by atoms with van der Waals surface area (Å²) in [4.78, 5) is 8.70. The number of hydrogen-bond donors (Lipinski definition) is 1. The third kappa shape index (κ3) is 4.58. The average Bonchev–Trinajstić information content (AvgIpc) is 3.37. The van der Waals surface area contributed by atoms with Gasteiger partial charge in [0.2, 0.25) is 0 Å². The van der Waals surface area contributed by atoms with Crippen LogP contribution in [-0.4, -0.2) is 25.5 Å². The van der Waals surface area contributed by atoms with E-state index in [0.717, 1.165) is 48.7 Å². The zero-order valence-electron chi connectivity index (χ0n) is 16.1. The number of rotatable bonds is 9. The highest BCUT2D eigenvalue weighted by Gasteiger charge is 2.04. The number of nitrogens with zero attached hydrogens (tertiary/aromatic N) is 4. The van der Waals surface area contributed by atoms with Gasteiger partial charge in [-0.2, -0.15) is 0 Å². The molecule has 0 aliphatic heterocycles. The average molecular weight is 375 g/mol. The standard InChI is InChI=1S/C22H25N5O/c1-18-4-2-12-27-15-20(25-22(18)27)16-28-21-7-5-19(6-8-21)14-23-9-3-11-26-13-10-24-17-26/h2,4-8,10,12-13,15,17,23H,3,9,11,14,16H2,1H3. The van der Waals surface area contributed by atoms with Crippen molar-refractivity contribution in [3.63, 3.8) is 0 Å². The quantitative estimate of drug-likeness (QED) is 0.454. The van der Waals surface area contributed by atoms with Gasteiger partial charge in [0.25, 0.3) is 0 Å². The monoisotopic (exact) mass is 375 g/mol. The minimum atomic E-state index is 0.465. The highest BCUT2D eigenvalue weighted by Crippen LogP contribution is 2.15. The number of benzene rings is 1. The van der Waals surface area contributed by atoms with E-state index in [-0.39, 0.29) is 0 Å². The summed E-state index contributed by atoms with van der Waals surface area (Å²) >= 11 is 0. The molecule has 0 unspecified atom stereocenters. The lowest BCUT2D eigenvalue weighted by atomic mass is 10.2. The lowest BCUT2D eigenvalue weighted by molar-refractivity contribution is 0.302. The van der Waals surface area contributed by atoms with E-state index in [1.165, 1.54) is 5.56 Å². The third-order valence-corrected chi connectivity index (χ3v) is 4.70. The van der Waals surface area contributed by atoms with Crippen LogP contribution in [0.5, 0.6) is 5.75 Å². The molecule has 4 rings (SSSR count). The summed E-state index contributed by atoms with van der Waals surface area (Å²) in [5, 5.41) is 3.47. The maximum Gasteiger partial charge on any atom is 0.140 e. The van der Waals surface area contributed by atoms with Crippen molar-refractivity contribution in [2.45, 2.75) is 33.0 Å². The SMILES string of the molecule is Cc1cccn2cc(COc3ccc(CNCCCn4ccnc4)cc3)nc12. The van der Waals surface area contributed by atoms with E-state index >= 15 is 0 Å². The van der Waals surface area contributed by atoms with E-state index in [1.54, 1.807) is 0 Å². The van der Waals surface area contributed by atoms with Crippen LogP contribution in [0.15, 0.2) is 67.5 Å². The van der Waals surface area contributed by atoms with Gasteiger partial charge in [0.05, 0.1) is 12.0 Å². The second-order valence-electron chi connectivity index (χ2n) is 6.92. The van der Waals surface area contributed by atoms with Crippen molar-refractivity contribution in [1.82, 2.24) is 24.3 Å². The zero-order valence-corrected chi connectivity index (χ0v) is 16.1. The lowest BCUT2D eigenvalue weighted by Crippen LogP contribution is -2.16. The fourth-order valence-electron chi connectivity index (χ4n) is 3.17. The van der Waals surface area contributed by atoms with Crippen molar-refractivity contribution >= 4 is 5.65 Å². The summed E-state index contributed by atoms with van der Waals surface area (Å²) in [6.45, 7) is 5.35. The van der Waals surface area contributed by atoms with E-state index in [0.29, 0.717) is 6.61 Å². The number of fused-ring (bicyclic) bond motifs is 1. The van der Waals surface area contributed by atoms with Crippen molar-refractivity contribution in [3.05, 3.63) is 84.3 Å². The molecule has 0 aliphatic rings. The molecule has 0 saturated heterocycles. The first-order chi connectivity index (χ1) is 13.8. The molecule has 0 bridgehead atoms. The Kier molecular flexibility index (Phi) is 5.68. The van der Waals surface area contributed by atoms with Crippen LogP contribution < -0.4 is 10.1 Å². The van der Waals surface area contributed by atoms with Gasteiger partial charge in [-0.1, -0.05) is 18.2 Å². The van der Waals surface area contributed by atoms with Crippen LogP contribution in [0.2, 0.25) is 0 Å². The highest BCUT2D eigenvalue weighted by atomic mass is 16.5. The largest absolute Gasteiger partial charge is 0.487 e. The summed E-state index contributed by atoms with van der Waals surface area (Å²) in [6.07, 6.45) is 10.8. The van der Waals surface area contributed by atoms with E-state index in [1.807, 2.05) is 53.7 Å². The number of pyridine rings is 1. The summed E-state index contributed by atoms with van der Waals surface area (Å²) in [5.74, 6) is 0.859. The van der Waals surface area contributed by atoms with Gasteiger partial charge in [-0.3, -0.25) is 0 Å². The van der Waals surface area contributed by atoms with Gasteiger partial charge in [0.1, 0.15) is 18.0 Å². The molecule has 0 spiro atoms. The number of aryl methyl sites for hydroxylation is 2. The Hall–Kier alpha value is -3.12. The van der Waals surface area contributed by atoms with Crippen LogP contribution >= 0.6 is 0 Å². The topological polar surface area (TPSA) is 56.4 Å². The van der Waals surface area contributed by atoms with Crippen LogP contribution in [0, 0.1) is 6.92 Å². The first kappa shape index (κ1) is 18.3. The fraction of sp³-hybridized carbons (Fsp3) is 0.273. The predicted molar refractivity (Wildman–Crippen MR) is 109 cm³/mol. The van der Waals surface area contributed by atoms with Gasteiger partial charge in [0.15, 0.2) is 0 Å². The Bertz CT molecular complexity index is 1010. The van der Waals surface area contributed by atoms with Gasteiger partial charge in [0, 0.05) is 37.9 Å². The van der Waals surface area contributed by atoms with E-state index in [2.05, 4.69) is 45.0 Å². The van der Waals surface area contributed by atoms with Crippen molar-refractivity contribution in [1.29, 1.82) is 0 Å². The molecular weight excluding hydrogens is 350 g/mol. The van der Waals surface area contributed by atoms with Crippen LogP contribution in [0.25, 0.3) is 5.65 Å². The molecule has 4 aromatic rings. The molecule has 144 valence electrons. The maximum atomic E-state index is 5.90. The minimum absolute atomic E-state index is 0.465. The normalized spacial score (nSPS) is 11.2. The van der Waals surface area contributed by atoms with Gasteiger partial charge < -0.3 is 19.0 Å². The molecule has 3 heterocycles. The Balaban J connectivity index is 1.22. The Morgan fingerprint density at radius 3 is 2.79 bits per heavy atom. The van der Waals surface area contributed by atoms with Crippen molar-refractivity contribution in [2.75, 3.05) is 6.54 Å². The maximum absolute atomic E-state index is 5.90. The molecule has 0 amide bonds. The summed E-state index contributed by atoms with van der Waals surface area (Å²) in [6, 6.07) is 12.3. The van der Waals surface area contributed by atoms with Crippen LogP contribution in [0.3, 0.4) is 0 Å².